The van der Waals surface area contributed by atoms with Crippen LogP contribution in [0.2, 0.25) is 0 Å². The Kier molecular flexibility index (Phi) is 11.4. The molecule has 0 aromatic heterocycles. The molecule has 0 fully saturated rings. The topological polar surface area (TPSA) is 26.3 Å². The summed E-state index contributed by atoms with van der Waals surface area (Å²) in [6.45, 7) is 2.77. The van der Waals surface area contributed by atoms with E-state index in [1.807, 2.05) is 0 Å². The summed E-state index contributed by atoms with van der Waals surface area (Å²) in [5.74, 6) is -0.0304. The zero-order valence-corrected chi connectivity index (χ0v) is 11.2. The number of halogens is 1. The zero-order valence-electron chi connectivity index (χ0n) is 9.06. The Bertz CT molecular complexity index is 137. The van der Waals surface area contributed by atoms with Crippen LogP contribution in [0.3, 0.4) is 0 Å². The number of carbonyl (C=O) groups excluding carboxylic acids is 1. The van der Waals surface area contributed by atoms with Crippen LogP contribution < -0.4 is 0 Å². The minimum Gasteiger partial charge on any atom is -0.465 e. The summed E-state index contributed by atoms with van der Waals surface area (Å²) in [6.07, 6.45) is 7.91. The van der Waals surface area contributed by atoms with E-state index in [-0.39, 0.29) is 5.97 Å². The Hall–Kier alpha value is 0.200. The van der Waals surface area contributed by atoms with Gasteiger partial charge in [-0.2, -0.15) is 0 Å². The normalized spacial score (nSPS) is 10.1. The molecule has 0 aromatic carbocycles. The fourth-order valence-corrected chi connectivity index (χ4v) is 1.49. The molecule has 0 saturated heterocycles. The van der Waals surface area contributed by atoms with Crippen LogP contribution in [0, 0.1) is 0 Å². The highest BCUT2D eigenvalue weighted by Gasteiger charge is 2.00. The highest BCUT2D eigenvalue weighted by Crippen LogP contribution is 2.07. The van der Waals surface area contributed by atoms with Crippen molar-refractivity contribution in [1.29, 1.82) is 0 Å². The Morgan fingerprint density at radius 1 is 1.14 bits per heavy atom. The van der Waals surface area contributed by atoms with Crippen molar-refractivity contribution in [3.05, 3.63) is 0 Å². The highest BCUT2D eigenvalue weighted by molar-refractivity contribution is 14.1. The first-order valence-corrected chi connectivity index (χ1v) is 7.05. The summed E-state index contributed by atoms with van der Waals surface area (Å²) in [4.78, 5) is 11.1. The Morgan fingerprint density at radius 3 is 2.43 bits per heavy atom. The van der Waals surface area contributed by atoms with Gasteiger partial charge in [-0.15, -0.1) is 0 Å². The molecule has 0 N–H and O–H groups in total. The van der Waals surface area contributed by atoms with E-state index in [1.54, 1.807) is 0 Å². The molecule has 0 bridgehead atoms. The lowest BCUT2D eigenvalue weighted by Crippen LogP contribution is -2.05. The minimum atomic E-state index is -0.0304. The van der Waals surface area contributed by atoms with Gasteiger partial charge in [0.1, 0.15) is 6.61 Å². The molecular weight excluding hydrogens is 291 g/mol. The largest absolute Gasteiger partial charge is 0.465 e. The molecule has 0 aromatic rings. The lowest BCUT2D eigenvalue weighted by molar-refractivity contribution is -0.143. The van der Waals surface area contributed by atoms with Crippen molar-refractivity contribution in [3.63, 3.8) is 0 Å². The maximum absolute atomic E-state index is 11.1. The summed E-state index contributed by atoms with van der Waals surface area (Å²) >= 11 is 2.20. The van der Waals surface area contributed by atoms with Crippen LogP contribution in [0.25, 0.3) is 0 Å². The second-order valence-electron chi connectivity index (χ2n) is 3.43. The summed E-state index contributed by atoms with van der Waals surface area (Å²) in [5, 5.41) is 0. The van der Waals surface area contributed by atoms with Crippen molar-refractivity contribution in [2.75, 3.05) is 11.0 Å². The summed E-state index contributed by atoms with van der Waals surface area (Å²) < 4.78 is 5.86. The fourth-order valence-electron chi connectivity index (χ4n) is 1.27. The fraction of sp³-hybridized carbons (Fsp3) is 0.909. The molecule has 0 heterocycles. The lowest BCUT2D eigenvalue weighted by atomic mass is 10.1. The Morgan fingerprint density at radius 2 is 1.79 bits per heavy atom. The van der Waals surface area contributed by atoms with Crippen LogP contribution in [-0.4, -0.2) is 17.0 Å². The molecule has 0 unspecified atom stereocenters. The predicted molar refractivity (Wildman–Crippen MR) is 67.8 cm³/mol. The van der Waals surface area contributed by atoms with Crippen molar-refractivity contribution >= 4 is 28.6 Å². The first-order chi connectivity index (χ1) is 6.81. The second-order valence-corrected chi connectivity index (χ2v) is 4.51. The van der Waals surface area contributed by atoms with E-state index >= 15 is 0 Å². The second kappa shape index (κ2) is 11.3. The summed E-state index contributed by atoms with van der Waals surface area (Å²) in [6, 6.07) is 0. The van der Waals surface area contributed by atoms with E-state index in [0.717, 1.165) is 10.8 Å². The molecule has 2 nitrogen and oxygen atoms in total. The van der Waals surface area contributed by atoms with Crippen LogP contribution in [0.15, 0.2) is 0 Å². The number of hydrogen-bond acceptors (Lipinski definition) is 2. The van der Waals surface area contributed by atoms with Gasteiger partial charge in [-0.1, -0.05) is 61.6 Å². The summed E-state index contributed by atoms with van der Waals surface area (Å²) in [7, 11) is 0. The maximum Gasteiger partial charge on any atom is 0.305 e. The summed E-state index contributed by atoms with van der Waals surface area (Å²) in [5.41, 5.74) is 0. The first kappa shape index (κ1) is 14.2. The van der Waals surface area contributed by atoms with Gasteiger partial charge in [0.05, 0.1) is 0 Å². The van der Waals surface area contributed by atoms with Gasteiger partial charge in [-0.05, 0) is 6.42 Å². The molecule has 14 heavy (non-hydrogen) atoms. The van der Waals surface area contributed by atoms with Crippen molar-refractivity contribution in [2.24, 2.45) is 0 Å². The molecule has 0 saturated carbocycles. The molecule has 3 heteroatoms. The van der Waals surface area contributed by atoms with E-state index in [2.05, 4.69) is 29.5 Å². The number of rotatable bonds is 9. The van der Waals surface area contributed by atoms with Crippen LogP contribution in [-0.2, 0) is 9.53 Å². The van der Waals surface area contributed by atoms with Gasteiger partial charge in [0, 0.05) is 10.8 Å². The highest BCUT2D eigenvalue weighted by atomic mass is 127. The molecule has 84 valence electrons. The standard InChI is InChI=1S/C11H21IO2/c1-2-3-4-5-6-7-8-11(13)14-10-9-12/h2-10H2,1H3. The van der Waals surface area contributed by atoms with Crippen LogP contribution in [0.4, 0.5) is 0 Å². The van der Waals surface area contributed by atoms with Crippen molar-refractivity contribution in [2.45, 2.75) is 51.9 Å². The number of carbonyl (C=O) groups is 1. The lowest BCUT2D eigenvalue weighted by Gasteiger charge is -2.02. The van der Waals surface area contributed by atoms with Crippen LogP contribution in [0.5, 0.6) is 0 Å². The van der Waals surface area contributed by atoms with Crippen molar-refractivity contribution < 1.29 is 9.53 Å². The van der Waals surface area contributed by atoms with E-state index in [9.17, 15) is 4.79 Å². The molecule has 0 aliphatic carbocycles. The molecule has 0 spiro atoms. The van der Waals surface area contributed by atoms with E-state index < -0.39 is 0 Å². The van der Waals surface area contributed by atoms with Gasteiger partial charge in [0.25, 0.3) is 0 Å². The molecule has 0 amide bonds. The first-order valence-electron chi connectivity index (χ1n) is 5.52. The third-order valence-corrected chi connectivity index (χ3v) is 2.52. The molecule has 0 radical (unpaired) electrons. The monoisotopic (exact) mass is 312 g/mol. The van der Waals surface area contributed by atoms with Gasteiger partial charge >= 0.3 is 5.97 Å². The van der Waals surface area contributed by atoms with E-state index in [0.29, 0.717) is 13.0 Å². The predicted octanol–water partition coefficient (Wildman–Crippen LogP) is 3.72. The van der Waals surface area contributed by atoms with Crippen LogP contribution >= 0.6 is 22.6 Å². The number of alkyl halides is 1. The molecule has 0 aliphatic rings. The van der Waals surface area contributed by atoms with Crippen molar-refractivity contribution in [1.82, 2.24) is 0 Å². The van der Waals surface area contributed by atoms with Gasteiger partial charge in [-0.3, -0.25) is 4.79 Å². The van der Waals surface area contributed by atoms with E-state index in [4.69, 9.17) is 4.74 Å². The minimum absolute atomic E-state index is 0.0304. The SMILES string of the molecule is CCCCCCCCC(=O)OCCI. The Balaban J connectivity index is 3.07. The van der Waals surface area contributed by atoms with Gasteiger partial charge < -0.3 is 4.74 Å². The quantitative estimate of drug-likeness (QED) is 0.281. The van der Waals surface area contributed by atoms with Crippen molar-refractivity contribution in [3.8, 4) is 0 Å². The number of ether oxygens (including phenoxy) is 1. The molecule has 0 rings (SSSR count). The molecule has 0 atom stereocenters. The van der Waals surface area contributed by atoms with Gasteiger partial charge in [-0.25, -0.2) is 0 Å². The number of unbranched alkanes of at least 4 members (excludes halogenated alkanes) is 5. The molecule has 0 aliphatic heterocycles. The maximum atomic E-state index is 11.1. The van der Waals surface area contributed by atoms with E-state index in [1.165, 1.54) is 32.1 Å². The average Bonchev–Trinajstić information content (AvgIpc) is 2.20. The van der Waals surface area contributed by atoms with Gasteiger partial charge in [0.2, 0.25) is 0 Å². The average molecular weight is 312 g/mol. The zero-order chi connectivity index (χ0) is 10.6. The molecular formula is C11H21IO2. The number of esters is 1. The van der Waals surface area contributed by atoms with Gasteiger partial charge in [0.15, 0.2) is 0 Å². The Labute approximate surface area is 101 Å². The van der Waals surface area contributed by atoms with Crippen LogP contribution in [0.1, 0.15) is 51.9 Å². The number of hydrogen-bond donors (Lipinski definition) is 0. The third-order valence-electron chi connectivity index (χ3n) is 2.07. The smallest absolute Gasteiger partial charge is 0.305 e. The third kappa shape index (κ3) is 10.3.